The van der Waals surface area contributed by atoms with Crippen LogP contribution in [-0.4, -0.2) is 18.3 Å². The van der Waals surface area contributed by atoms with Crippen LogP contribution in [0.2, 0.25) is 0 Å². The van der Waals surface area contributed by atoms with E-state index in [9.17, 15) is 5.11 Å². The molecule has 0 saturated carbocycles. The molecular formula is C16H17BrO2. The lowest BCUT2D eigenvalue weighted by atomic mass is 10.0. The fourth-order valence-corrected chi connectivity index (χ4v) is 2.15. The van der Waals surface area contributed by atoms with Gasteiger partial charge in [-0.15, -0.1) is 0 Å². The number of hydrogen-bond donors (Lipinski definition) is 1. The highest BCUT2D eigenvalue weighted by Gasteiger charge is 2.10. The lowest BCUT2D eigenvalue weighted by molar-refractivity contribution is 0.0882. The number of ether oxygens (including phenoxy) is 1. The Hall–Kier alpha value is -1.16. The highest BCUT2D eigenvalue weighted by atomic mass is 79.9. The Morgan fingerprint density at radius 2 is 1.68 bits per heavy atom. The molecule has 2 rings (SSSR count). The number of rotatable bonds is 6. The van der Waals surface area contributed by atoms with Crippen LogP contribution >= 0.6 is 15.9 Å². The first-order chi connectivity index (χ1) is 9.29. The molecule has 1 N–H and O–H groups in total. The molecule has 1 unspecified atom stereocenters. The minimum absolute atomic E-state index is 0.0248. The van der Waals surface area contributed by atoms with Gasteiger partial charge in [-0.05, 0) is 23.3 Å². The van der Waals surface area contributed by atoms with E-state index >= 15 is 0 Å². The lowest BCUT2D eigenvalue weighted by Gasteiger charge is -2.15. The molecule has 2 aromatic carbocycles. The highest BCUT2D eigenvalue weighted by Crippen LogP contribution is 2.19. The zero-order valence-corrected chi connectivity index (χ0v) is 12.2. The van der Waals surface area contributed by atoms with Crippen LogP contribution in [0.4, 0.5) is 0 Å². The molecule has 0 bridgehead atoms. The van der Waals surface area contributed by atoms with Crippen molar-refractivity contribution < 1.29 is 9.84 Å². The molecule has 0 aliphatic heterocycles. The van der Waals surface area contributed by atoms with E-state index in [4.69, 9.17) is 4.74 Å². The van der Waals surface area contributed by atoms with Crippen LogP contribution in [0.15, 0.2) is 59.1 Å². The number of benzene rings is 2. The van der Waals surface area contributed by atoms with Gasteiger partial charge in [0.25, 0.3) is 0 Å². The van der Waals surface area contributed by atoms with Gasteiger partial charge in [0.05, 0.1) is 19.8 Å². The van der Waals surface area contributed by atoms with Gasteiger partial charge in [0.15, 0.2) is 0 Å². The van der Waals surface area contributed by atoms with Crippen molar-refractivity contribution in [2.24, 2.45) is 0 Å². The van der Waals surface area contributed by atoms with Gasteiger partial charge in [-0.1, -0.05) is 58.4 Å². The number of hydrogen-bond acceptors (Lipinski definition) is 2. The zero-order valence-electron chi connectivity index (χ0n) is 10.6. The highest BCUT2D eigenvalue weighted by molar-refractivity contribution is 9.10. The Kier molecular flexibility index (Phi) is 5.58. The first-order valence-corrected chi connectivity index (χ1v) is 7.07. The predicted octanol–water partition coefficient (Wildman–Crippen LogP) is 3.74. The molecule has 0 amide bonds. The molecule has 3 heteroatoms. The number of halogens is 1. The van der Waals surface area contributed by atoms with Gasteiger partial charge in [0.1, 0.15) is 0 Å². The molecule has 0 aliphatic rings. The summed E-state index contributed by atoms with van der Waals surface area (Å²) in [4.78, 5) is 0. The van der Waals surface area contributed by atoms with Crippen LogP contribution in [-0.2, 0) is 11.3 Å². The minimum atomic E-state index is 0.0248. The van der Waals surface area contributed by atoms with Crippen molar-refractivity contribution in [3.63, 3.8) is 0 Å². The van der Waals surface area contributed by atoms with E-state index in [2.05, 4.69) is 15.9 Å². The molecule has 2 aromatic rings. The van der Waals surface area contributed by atoms with E-state index in [1.54, 1.807) is 0 Å². The van der Waals surface area contributed by atoms with Crippen molar-refractivity contribution >= 4 is 15.9 Å². The third kappa shape index (κ3) is 4.46. The first-order valence-electron chi connectivity index (χ1n) is 6.27. The van der Waals surface area contributed by atoms with Crippen molar-refractivity contribution in [3.8, 4) is 0 Å². The second-order valence-electron chi connectivity index (χ2n) is 4.43. The molecule has 0 aromatic heterocycles. The second-order valence-corrected chi connectivity index (χ2v) is 5.35. The fraction of sp³-hybridized carbons (Fsp3) is 0.250. The summed E-state index contributed by atoms with van der Waals surface area (Å²) in [7, 11) is 0. The normalized spacial score (nSPS) is 12.3. The molecule has 0 spiro atoms. The summed E-state index contributed by atoms with van der Waals surface area (Å²) >= 11 is 3.41. The number of aliphatic hydroxyl groups is 1. The Morgan fingerprint density at radius 1 is 1.00 bits per heavy atom. The van der Waals surface area contributed by atoms with E-state index in [1.807, 2.05) is 54.6 Å². The smallest absolute Gasteiger partial charge is 0.0717 e. The summed E-state index contributed by atoms with van der Waals surface area (Å²) in [6, 6.07) is 18.0. The Bertz CT molecular complexity index is 482. The molecule has 0 fully saturated rings. The van der Waals surface area contributed by atoms with Gasteiger partial charge < -0.3 is 9.84 Å². The molecule has 2 nitrogen and oxygen atoms in total. The van der Waals surface area contributed by atoms with Crippen molar-refractivity contribution in [3.05, 3.63) is 70.2 Å². The summed E-state index contributed by atoms with van der Waals surface area (Å²) < 4.78 is 6.73. The molecule has 0 heterocycles. The molecular weight excluding hydrogens is 304 g/mol. The van der Waals surface area contributed by atoms with Gasteiger partial charge in [-0.3, -0.25) is 0 Å². The van der Waals surface area contributed by atoms with Crippen LogP contribution in [0.3, 0.4) is 0 Å². The predicted molar refractivity (Wildman–Crippen MR) is 80.1 cm³/mol. The molecule has 0 saturated heterocycles. The first kappa shape index (κ1) is 14.3. The van der Waals surface area contributed by atoms with Gasteiger partial charge >= 0.3 is 0 Å². The minimum Gasteiger partial charge on any atom is -0.396 e. The maximum atomic E-state index is 9.45. The topological polar surface area (TPSA) is 29.5 Å². The fourth-order valence-electron chi connectivity index (χ4n) is 1.88. The standard InChI is InChI=1S/C16H17BrO2/c17-16-8-6-14(7-9-16)15(10-18)12-19-11-13-4-2-1-3-5-13/h1-9,15,18H,10-12H2. The average Bonchev–Trinajstić information content (AvgIpc) is 2.46. The van der Waals surface area contributed by atoms with Crippen molar-refractivity contribution in [1.29, 1.82) is 0 Å². The summed E-state index contributed by atoms with van der Waals surface area (Å²) in [5, 5.41) is 9.45. The van der Waals surface area contributed by atoms with Gasteiger partial charge in [-0.25, -0.2) is 0 Å². The van der Waals surface area contributed by atoms with E-state index in [1.165, 1.54) is 0 Å². The van der Waals surface area contributed by atoms with Crippen LogP contribution in [0.5, 0.6) is 0 Å². The Balaban J connectivity index is 1.87. The van der Waals surface area contributed by atoms with E-state index in [0.29, 0.717) is 13.2 Å². The van der Waals surface area contributed by atoms with E-state index in [0.717, 1.165) is 15.6 Å². The van der Waals surface area contributed by atoms with Gasteiger partial charge in [0.2, 0.25) is 0 Å². The lowest BCUT2D eigenvalue weighted by Crippen LogP contribution is -2.12. The largest absolute Gasteiger partial charge is 0.396 e. The van der Waals surface area contributed by atoms with E-state index in [-0.39, 0.29) is 12.5 Å². The molecule has 1 atom stereocenters. The van der Waals surface area contributed by atoms with Crippen molar-refractivity contribution in [2.45, 2.75) is 12.5 Å². The molecule has 0 aliphatic carbocycles. The summed E-state index contributed by atoms with van der Waals surface area (Å²) in [6.45, 7) is 1.19. The van der Waals surface area contributed by atoms with Crippen LogP contribution < -0.4 is 0 Å². The Labute approximate surface area is 122 Å². The van der Waals surface area contributed by atoms with Gasteiger partial charge in [-0.2, -0.15) is 0 Å². The number of aliphatic hydroxyl groups excluding tert-OH is 1. The maximum Gasteiger partial charge on any atom is 0.0717 e. The van der Waals surface area contributed by atoms with Crippen LogP contribution in [0, 0.1) is 0 Å². The summed E-state index contributed by atoms with van der Waals surface area (Å²) in [5.74, 6) is 0.0248. The zero-order chi connectivity index (χ0) is 13.5. The summed E-state index contributed by atoms with van der Waals surface area (Å²) in [6.07, 6.45) is 0. The molecule has 100 valence electrons. The monoisotopic (exact) mass is 320 g/mol. The van der Waals surface area contributed by atoms with Gasteiger partial charge in [0, 0.05) is 10.4 Å². The molecule has 0 radical (unpaired) electrons. The van der Waals surface area contributed by atoms with Crippen molar-refractivity contribution in [1.82, 2.24) is 0 Å². The average molecular weight is 321 g/mol. The van der Waals surface area contributed by atoms with Crippen molar-refractivity contribution in [2.75, 3.05) is 13.2 Å². The summed E-state index contributed by atoms with van der Waals surface area (Å²) in [5.41, 5.74) is 2.24. The second kappa shape index (κ2) is 7.43. The SMILES string of the molecule is OCC(COCc1ccccc1)c1ccc(Br)cc1. The quantitative estimate of drug-likeness (QED) is 0.878. The van der Waals surface area contributed by atoms with Crippen LogP contribution in [0.25, 0.3) is 0 Å². The van der Waals surface area contributed by atoms with Crippen LogP contribution in [0.1, 0.15) is 17.0 Å². The molecule has 19 heavy (non-hydrogen) atoms. The Morgan fingerprint density at radius 3 is 2.32 bits per heavy atom. The third-order valence-electron chi connectivity index (χ3n) is 2.99. The van der Waals surface area contributed by atoms with E-state index < -0.39 is 0 Å². The maximum absolute atomic E-state index is 9.45. The third-order valence-corrected chi connectivity index (χ3v) is 3.52.